The Bertz CT molecular complexity index is 376. The summed E-state index contributed by atoms with van der Waals surface area (Å²) in [5.41, 5.74) is 1.11. The molecular weight excluding hydrogens is 218 g/mol. The smallest absolute Gasteiger partial charge is 0.317 e. The van der Waals surface area contributed by atoms with Crippen molar-refractivity contribution in [3.05, 3.63) is 35.9 Å². The van der Waals surface area contributed by atoms with E-state index in [2.05, 4.69) is 10.1 Å². The van der Waals surface area contributed by atoms with Crippen LogP contribution in [-0.2, 0) is 20.9 Å². The fraction of sp³-hybridized carbons (Fsp3) is 0.385. The van der Waals surface area contributed by atoms with Crippen molar-refractivity contribution in [1.82, 2.24) is 5.32 Å². The van der Waals surface area contributed by atoms with Crippen molar-refractivity contribution < 1.29 is 14.3 Å². The first kappa shape index (κ1) is 13.4. The number of benzene rings is 1. The van der Waals surface area contributed by atoms with Crippen molar-refractivity contribution in [2.45, 2.75) is 13.5 Å². The fourth-order valence-corrected chi connectivity index (χ4v) is 1.49. The molecule has 0 saturated heterocycles. The van der Waals surface area contributed by atoms with Gasteiger partial charge in [-0.3, -0.25) is 9.59 Å². The number of hydrogen-bond donors (Lipinski definition) is 1. The lowest BCUT2D eigenvalue weighted by atomic mass is 10.1. The molecule has 0 fully saturated rings. The highest BCUT2D eigenvalue weighted by Gasteiger charge is 2.23. The summed E-state index contributed by atoms with van der Waals surface area (Å²) in [7, 11) is 1.29. The molecule has 0 aliphatic heterocycles. The van der Waals surface area contributed by atoms with E-state index in [0.29, 0.717) is 13.1 Å². The Morgan fingerprint density at radius 3 is 2.47 bits per heavy atom. The van der Waals surface area contributed by atoms with Crippen LogP contribution in [0.5, 0.6) is 0 Å². The van der Waals surface area contributed by atoms with Crippen LogP contribution in [0.15, 0.2) is 30.3 Å². The number of carbonyl (C=O) groups excluding carboxylic acids is 2. The Morgan fingerprint density at radius 1 is 1.29 bits per heavy atom. The molecule has 0 aromatic heterocycles. The molecule has 0 bridgehead atoms. The second-order valence-electron chi connectivity index (χ2n) is 3.80. The van der Waals surface area contributed by atoms with E-state index in [1.54, 1.807) is 0 Å². The molecular formula is C13H17NO3. The first-order chi connectivity index (χ1) is 8.15. The zero-order valence-electron chi connectivity index (χ0n) is 10.1. The predicted octanol–water partition coefficient (Wildman–Crippen LogP) is 1.15. The molecule has 0 amide bonds. The zero-order valence-corrected chi connectivity index (χ0v) is 10.1. The third kappa shape index (κ3) is 4.36. The van der Waals surface area contributed by atoms with Crippen molar-refractivity contribution in [1.29, 1.82) is 0 Å². The van der Waals surface area contributed by atoms with Crippen molar-refractivity contribution in [2.24, 2.45) is 5.92 Å². The molecule has 0 heterocycles. The van der Waals surface area contributed by atoms with Gasteiger partial charge >= 0.3 is 5.97 Å². The van der Waals surface area contributed by atoms with Gasteiger partial charge in [-0.05, 0) is 12.5 Å². The minimum atomic E-state index is -0.719. The van der Waals surface area contributed by atoms with Gasteiger partial charge in [-0.25, -0.2) is 0 Å². The molecule has 1 atom stereocenters. The molecule has 1 unspecified atom stereocenters. The summed E-state index contributed by atoms with van der Waals surface area (Å²) >= 11 is 0. The van der Waals surface area contributed by atoms with Crippen LogP contribution in [0.3, 0.4) is 0 Å². The van der Waals surface area contributed by atoms with E-state index in [0.717, 1.165) is 5.56 Å². The lowest BCUT2D eigenvalue weighted by Crippen LogP contribution is -2.33. The topological polar surface area (TPSA) is 55.4 Å². The van der Waals surface area contributed by atoms with E-state index < -0.39 is 11.9 Å². The number of carbonyl (C=O) groups is 2. The highest BCUT2D eigenvalue weighted by Crippen LogP contribution is 2.02. The van der Waals surface area contributed by atoms with Crippen LogP contribution in [0, 0.1) is 5.92 Å². The third-order valence-corrected chi connectivity index (χ3v) is 2.50. The quantitative estimate of drug-likeness (QED) is 0.593. The number of ketones is 1. The molecule has 17 heavy (non-hydrogen) atoms. The Balaban J connectivity index is 2.43. The summed E-state index contributed by atoms with van der Waals surface area (Å²) in [5, 5.41) is 3.08. The maximum absolute atomic E-state index is 11.3. The van der Waals surface area contributed by atoms with Gasteiger partial charge in [0.05, 0.1) is 7.11 Å². The number of esters is 1. The number of rotatable bonds is 6. The van der Waals surface area contributed by atoms with E-state index in [-0.39, 0.29) is 5.78 Å². The minimum absolute atomic E-state index is 0.183. The Kier molecular flexibility index (Phi) is 5.36. The van der Waals surface area contributed by atoms with Crippen molar-refractivity contribution in [3.63, 3.8) is 0 Å². The molecule has 0 aliphatic rings. The van der Waals surface area contributed by atoms with Gasteiger partial charge in [0.25, 0.3) is 0 Å². The molecule has 4 nitrogen and oxygen atoms in total. The van der Waals surface area contributed by atoms with Gasteiger partial charge in [0.2, 0.25) is 0 Å². The van der Waals surface area contributed by atoms with Gasteiger partial charge in [0.1, 0.15) is 11.7 Å². The lowest BCUT2D eigenvalue weighted by Gasteiger charge is -2.12. The van der Waals surface area contributed by atoms with E-state index in [4.69, 9.17) is 0 Å². The van der Waals surface area contributed by atoms with Crippen LogP contribution in [0.2, 0.25) is 0 Å². The predicted molar refractivity (Wildman–Crippen MR) is 64.3 cm³/mol. The number of methoxy groups -OCH3 is 1. The monoisotopic (exact) mass is 235 g/mol. The van der Waals surface area contributed by atoms with Crippen molar-refractivity contribution in [2.75, 3.05) is 13.7 Å². The standard InChI is InChI=1S/C13H17NO3/c1-10(15)12(13(16)17-2)9-14-8-11-6-4-3-5-7-11/h3-7,12,14H,8-9H2,1-2H3. The first-order valence-corrected chi connectivity index (χ1v) is 5.48. The normalized spacial score (nSPS) is 11.9. The third-order valence-electron chi connectivity index (χ3n) is 2.50. The van der Waals surface area contributed by atoms with Gasteiger partial charge in [0.15, 0.2) is 0 Å². The minimum Gasteiger partial charge on any atom is -0.468 e. The number of nitrogens with one attached hydrogen (secondary N) is 1. The average molecular weight is 235 g/mol. The molecule has 1 aromatic carbocycles. The molecule has 1 rings (SSSR count). The second kappa shape index (κ2) is 6.81. The average Bonchev–Trinajstić information content (AvgIpc) is 2.34. The Labute approximate surface area is 101 Å². The van der Waals surface area contributed by atoms with Gasteiger partial charge in [-0.1, -0.05) is 30.3 Å². The molecule has 1 N–H and O–H groups in total. The fourth-order valence-electron chi connectivity index (χ4n) is 1.49. The number of hydrogen-bond acceptors (Lipinski definition) is 4. The van der Waals surface area contributed by atoms with E-state index >= 15 is 0 Å². The highest BCUT2D eigenvalue weighted by atomic mass is 16.5. The summed E-state index contributed by atoms with van der Waals surface area (Å²) in [6.45, 7) is 2.32. The summed E-state index contributed by atoms with van der Waals surface area (Å²) in [4.78, 5) is 22.6. The molecule has 92 valence electrons. The summed E-state index contributed by atoms with van der Waals surface area (Å²) in [5.74, 6) is -1.39. The second-order valence-corrected chi connectivity index (χ2v) is 3.80. The molecule has 0 spiro atoms. The maximum Gasteiger partial charge on any atom is 0.317 e. The van der Waals surface area contributed by atoms with Crippen LogP contribution in [0.4, 0.5) is 0 Å². The number of ether oxygens (including phenoxy) is 1. The Hall–Kier alpha value is -1.68. The van der Waals surface area contributed by atoms with Gasteiger partial charge in [0, 0.05) is 13.1 Å². The van der Waals surface area contributed by atoms with Gasteiger partial charge < -0.3 is 10.1 Å². The molecule has 0 aliphatic carbocycles. The van der Waals surface area contributed by atoms with Crippen molar-refractivity contribution >= 4 is 11.8 Å². The summed E-state index contributed by atoms with van der Waals surface area (Å²) in [6.07, 6.45) is 0. The largest absolute Gasteiger partial charge is 0.468 e. The summed E-state index contributed by atoms with van der Waals surface area (Å²) < 4.78 is 4.58. The van der Waals surface area contributed by atoms with Crippen LogP contribution in [0.25, 0.3) is 0 Å². The van der Waals surface area contributed by atoms with Gasteiger partial charge in [-0.2, -0.15) is 0 Å². The van der Waals surface area contributed by atoms with Crippen LogP contribution >= 0.6 is 0 Å². The first-order valence-electron chi connectivity index (χ1n) is 5.48. The SMILES string of the molecule is COC(=O)C(CNCc1ccccc1)C(C)=O. The van der Waals surface area contributed by atoms with E-state index in [1.807, 2.05) is 30.3 Å². The molecule has 0 saturated carbocycles. The molecule has 0 radical (unpaired) electrons. The number of Topliss-reactive ketones (excluding diaryl/α,β-unsaturated/α-hetero) is 1. The van der Waals surface area contributed by atoms with Crippen LogP contribution < -0.4 is 5.32 Å². The Morgan fingerprint density at radius 2 is 1.94 bits per heavy atom. The van der Waals surface area contributed by atoms with Gasteiger partial charge in [-0.15, -0.1) is 0 Å². The maximum atomic E-state index is 11.3. The van der Waals surface area contributed by atoms with Crippen LogP contribution in [-0.4, -0.2) is 25.4 Å². The lowest BCUT2D eigenvalue weighted by molar-refractivity contribution is -0.148. The molecule has 4 heteroatoms. The highest BCUT2D eigenvalue weighted by molar-refractivity contribution is 5.97. The van der Waals surface area contributed by atoms with E-state index in [9.17, 15) is 9.59 Å². The van der Waals surface area contributed by atoms with Crippen LogP contribution in [0.1, 0.15) is 12.5 Å². The molecule has 1 aromatic rings. The zero-order chi connectivity index (χ0) is 12.7. The summed E-state index contributed by atoms with van der Waals surface area (Å²) in [6, 6.07) is 9.79. The van der Waals surface area contributed by atoms with Crippen molar-refractivity contribution in [3.8, 4) is 0 Å². The van der Waals surface area contributed by atoms with E-state index in [1.165, 1.54) is 14.0 Å².